The summed E-state index contributed by atoms with van der Waals surface area (Å²) in [6.45, 7) is 7.02. The molecule has 1 N–H and O–H groups in total. The second-order valence-electron chi connectivity index (χ2n) is 5.62. The fourth-order valence-electron chi connectivity index (χ4n) is 2.84. The molecule has 0 atom stereocenters. The number of hydrogen-bond donors (Lipinski definition) is 1. The third-order valence-electron chi connectivity index (χ3n) is 4.19. The van der Waals surface area contributed by atoms with Crippen molar-refractivity contribution in [3.63, 3.8) is 0 Å². The van der Waals surface area contributed by atoms with Crippen LogP contribution < -0.4 is 4.90 Å². The molecular weight excluding hydrogens is 280 g/mol. The number of piperazine rings is 1. The third kappa shape index (κ3) is 3.34. The molecule has 1 saturated heterocycles. The Labute approximate surface area is 129 Å². The number of quaternary nitrogens is 1. The fraction of sp³-hybridized carbons (Fsp3) is 0.353. The zero-order valence-corrected chi connectivity index (χ0v) is 13.2. The number of nitrogens with zero attached hydrogens (tertiary/aromatic N) is 1. The summed E-state index contributed by atoms with van der Waals surface area (Å²) in [6.07, 6.45) is 0. The van der Waals surface area contributed by atoms with Crippen molar-refractivity contribution in [2.45, 2.75) is 13.5 Å². The quantitative estimate of drug-likeness (QED) is 0.915. The van der Waals surface area contributed by atoms with Crippen LogP contribution in [0.2, 0.25) is 0 Å². The van der Waals surface area contributed by atoms with Gasteiger partial charge in [0.05, 0.1) is 31.1 Å². The van der Waals surface area contributed by atoms with E-state index in [4.69, 9.17) is 0 Å². The van der Waals surface area contributed by atoms with Gasteiger partial charge in [0.1, 0.15) is 6.54 Å². The highest BCUT2D eigenvalue weighted by Gasteiger charge is 2.25. The van der Waals surface area contributed by atoms with Gasteiger partial charge in [-0.2, -0.15) is 0 Å². The Morgan fingerprint density at radius 1 is 1.19 bits per heavy atom. The molecular formula is C17H21N2OS+. The normalized spacial score (nSPS) is 16.1. The average molecular weight is 301 g/mol. The summed E-state index contributed by atoms with van der Waals surface area (Å²) in [5.74, 6) is 0.194. The first-order chi connectivity index (χ1) is 10.2. The zero-order valence-electron chi connectivity index (χ0n) is 12.3. The first-order valence-electron chi connectivity index (χ1n) is 7.45. The van der Waals surface area contributed by atoms with E-state index in [9.17, 15) is 4.79 Å². The Hall–Kier alpha value is -1.65. The number of carbonyl (C=O) groups excluding carboxylic acids is 1. The lowest BCUT2D eigenvalue weighted by molar-refractivity contribution is -0.917. The predicted octanol–water partition coefficient (Wildman–Crippen LogP) is 1.60. The molecule has 0 aliphatic carbocycles. The van der Waals surface area contributed by atoms with Crippen molar-refractivity contribution in [3.05, 3.63) is 57.8 Å². The fourth-order valence-corrected chi connectivity index (χ4v) is 3.53. The Balaban J connectivity index is 1.56. The van der Waals surface area contributed by atoms with Gasteiger partial charge in [-0.3, -0.25) is 4.79 Å². The maximum absolute atomic E-state index is 12.3. The molecule has 21 heavy (non-hydrogen) atoms. The van der Waals surface area contributed by atoms with Gasteiger partial charge < -0.3 is 9.80 Å². The minimum Gasteiger partial charge on any atom is -0.328 e. The summed E-state index contributed by atoms with van der Waals surface area (Å²) in [5, 5.41) is 1.97. The Morgan fingerprint density at radius 2 is 1.95 bits per heavy atom. The topological polar surface area (TPSA) is 24.8 Å². The molecule has 4 heteroatoms. The summed E-state index contributed by atoms with van der Waals surface area (Å²) < 4.78 is 0. The highest BCUT2D eigenvalue weighted by atomic mass is 32.1. The standard InChI is InChI=1S/C17H20N2OS/c1-14-5-2-3-6-15(14)13-18-8-10-19(11-9-18)17(20)16-7-4-12-21-16/h2-7,12H,8-11,13H2,1H3/p+1. The zero-order chi connectivity index (χ0) is 14.7. The summed E-state index contributed by atoms with van der Waals surface area (Å²) in [6, 6.07) is 12.4. The maximum atomic E-state index is 12.3. The smallest absolute Gasteiger partial charge is 0.264 e. The van der Waals surface area contributed by atoms with E-state index in [2.05, 4.69) is 31.2 Å². The van der Waals surface area contributed by atoms with Crippen molar-refractivity contribution in [2.75, 3.05) is 26.2 Å². The van der Waals surface area contributed by atoms with Crippen molar-refractivity contribution in [2.24, 2.45) is 0 Å². The van der Waals surface area contributed by atoms with Crippen LogP contribution in [0.4, 0.5) is 0 Å². The molecule has 1 aromatic heterocycles. The van der Waals surface area contributed by atoms with E-state index < -0.39 is 0 Å². The average Bonchev–Trinajstić information content (AvgIpc) is 3.04. The van der Waals surface area contributed by atoms with Crippen LogP contribution in [0.1, 0.15) is 20.8 Å². The monoisotopic (exact) mass is 301 g/mol. The van der Waals surface area contributed by atoms with E-state index in [1.807, 2.05) is 22.4 Å². The van der Waals surface area contributed by atoms with E-state index >= 15 is 0 Å². The third-order valence-corrected chi connectivity index (χ3v) is 5.05. The molecule has 0 saturated carbocycles. The number of amides is 1. The van der Waals surface area contributed by atoms with Crippen LogP contribution in [-0.2, 0) is 6.54 Å². The SMILES string of the molecule is Cc1ccccc1C[NH+]1CCN(C(=O)c2cccs2)CC1. The first kappa shape index (κ1) is 14.3. The van der Waals surface area contributed by atoms with Gasteiger partial charge in [0.25, 0.3) is 5.91 Å². The summed E-state index contributed by atoms with van der Waals surface area (Å²) in [7, 11) is 0. The summed E-state index contributed by atoms with van der Waals surface area (Å²) in [4.78, 5) is 16.7. The lowest BCUT2D eigenvalue weighted by atomic mass is 10.1. The number of hydrogen-bond acceptors (Lipinski definition) is 2. The molecule has 0 radical (unpaired) electrons. The maximum Gasteiger partial charge on any atom is 0.264 e. The van der Waals surface area contributed by atoms with Gasteiger partial charge in [-0.25, -0.2) is 0 Å². The van der Waals surface area contributed by atoms with Gasteiger partial charge in [0.15, 0.2) is 0 Å². The van der Waals surface area contributed by atoms with Crippen molar-refractivity contribution in [3.8, 4) is 0 Å². The molecule has 1 fully saturated rings. The number of aryl methyl sites for hydroxylation is 1. The Bertz CT molecular complexity index is 601. The molecule has 2 heterocycles. The second kappa shape index (κ2) is 6.41. The number of thiophene rings is 1. The van der Waals surface area contributed by atoms with Crippen LogP contribution >= 0.6 is 11.3 Å². The number of nitrogens with one attached hydrogen (secondary N) is 1. The Kier molecular flexibility index (Phi) is 4.36. The Morgan fingerprint density at radius 3 is 2.62 bits per heavy atom. The van der Waals surface area contributed by atoms with E-state index in [-0.39, 0.29) is 5.91 Å². The van der Waals surface area contributed by atoms with Crippen molar-refractivity contribution in [1.29, 1.82) is 0 Å². The number of rotatable bonds is 3. The summed E-state index contributed by atoms with van der Waals surface area (Å²) >= 11 is 1.53. The molecule has 0 bridgehead atoms. The molecule has 3 rings (SSSR count). The van der Waals surface area contributed by atoms with Crippen LogP contribution in [-0.4, -0.2) is 37.0 Å². The van der Waals surface area contributed by atoms with Crippen LogP contribution in [0.15, 0.2) is 41.8 Å². The van der Waals surface area contributed by atoms with E-state index in [1.165, 1.54) is 22.5 Å². The van der Waals surface area contributed by atoms with Crippen molar-refractivity contribution in [1.82, 2.24) is 4.90 Å². The molecule has 0 spiro atoms. The van der Waals surface area contributed by atoms with Crippen LogP contribution in [0.5, 0.6) is 0 Å². The minimum absolute atomic E-state index is 0.194. The van der Waals surface area contributed by atoms with Gasteiger partial charge in [-0.05, 0) is 23.9 Å². The van der Waals surface area contributed by atoms with E-state index in [1.54, 1.807) is 4.90 Å². The van der Waals surface area contributed by atoms with Crippen molar-refractivity contribution < 1.29 is 9.69 Å². The molecule has 1 aromatic carbocycles. The molecule has 1 amide bonds. The van der Waals surface area contributed by atoms with Gasteiger partial charge in [0, 0.05) is 5.56 Å². The summed E-state index contributed by atoms with van der Waals surface area (Å²) in [5.41, 5.74) is 2.78. The lowest BCUT2D eigenvalue weighted by Gasteiger charge is -2.32. The van der Waals surface area contributed by atoms with Gasteiger partial charge in [-0.15, -0.1) is 11.3 Å². The predicted molar refractivity (Wildman–Crippen MR) is 85.8 cm³/mol. The number of carbonyl (C=O) groups is 1. The minimum atomic E-state index is 0.194. The lowest BCUT2D eigenvalue weighted by Crippen LogP contribution is -3.13. The molecule has 3 nitrogen and oxygen atoms in total. The van der Waals surface area contributed by atoms with E-state index in [0.717, 1.165) is 37.6 Å². The van der Waals surface area contributed by atoms with E-state index in [0.29, 0.717) is 0 Å². The van der Waals surface area contributed by atoms with Gasteiger partial charge in [-0.1, -0.05) is 30.3 Å². The molecule has 0 unspecified atom stereocenters. The van der Waals surface area contributed by atoms with Crippen LogP contribution in [0, 0.1) is 6.92 Å². The highest BCUT2D eigenvalue weighted by Crippen LogP contribution is 2.12. The second-order valence-corrected chi connectivity index (χ2v) is 6.57. The first-order valence-corrected chi connectivity index (χ1v) is 8.33. The van der Waals surface area contributed by atoms with Crippen LogP contribution in [0.3, 0.4) is 0 Å². The largest absolute Gasteiger partial charge is 0.328 e. The molecule has 1 aliphatic heterocycles. The van der Waals surface area contributed by atoms with Gasteiger partial charge in [0.2, 0.25) is 0 Å². The van der Waals surface area contributed by atoms with Gasteiger partial charge >= 0.3 is 0 Å². The molecule has 110 valence electrons. The molecule has 1 aliphatic rings. The van der Waals surface area contributed by atoms with Crippen molar-refractivity contribution >= 4 is 17.2 Å². The molecule has 2 aromatic rings. The highest BCUT2D eigenvalue weighted by molar-refractivity contribution is 7.12. The van der Waals surface area contributed by atoms with Crippen LogP contribution in [0.25, 0.3) is 0 Å². The number of benzene rings is 1.